The van der Waals surface area contributed by atoms with Crippen LogP contribution in [0.5, 0.6) is 0 Å². The van der Waals surface area contributed by atoms with E-state index in [9.17, 15) is 4.79 Å². The highest BCUT2D eigenvalue weighted by Crippen LogP contribution is 2.19. The third-order valence-corrected chi connectivity index (χ3v) is 5.18. The predicted octanol–water partition coefficient (Wildman–Crippen LogP) is 3.29. The second-order valence-electron chi connectivity index (χ2n) is 7.13. The maximum Gasteiger partial charge on any atom is 0.318 e. The number of hydrogen-bond donors (Lipinski definition) is 1. The minimum atomic E-state index is -0.0680. The van der Waals surface area contributed by atoms with Gasteiger partial charge in [-0.25, -0.2) is 14.8 Å². The first-order chi connectivity index (χ1) is 14.3. The lowest BCUT2D eigenvalue weighted by molar-refractivity contribution is 0.190. The molecule has 3 aromatic rings. The fourth-order valence-electron chi connectivity index (χ4n) is 3.59. The van der Waals surface area contributed by atoms with Crippen molar-refractivity contribution in [2.24, 2.45) is 0 Å². The topological polar surface area (TPSA) is 61.4 Å². The number of benzene rings is 2. The van der Waals surface area contributed by atoms with Gasteiger partial charge in [0.25, 0.3) is 0 Å². The highest BCUT2D eigenvalue weighted by molar-refractivity contribution is 5.75. The molecular formula is C23H25N5O. The SMILES string of the molecule is O=C(NC(Cc1ccccc1)c1ccccc1)N1CCN(c2ncccn2)CC1. The summed E-state index contributed by atoms with van der Waals surface area (Å²) >= 11 is 0. The molecule has 6 heteroatoms. The van der Waals surface area contributed by atoms with E-state index in [0.29, 0.717) is 13.1 Å². The molecule has 2 aromatic carbocycles. The van der Waals surface area contributed by atoms with E-state index in [0.717, 1.165) is 31.0 Å². The van der Waals surface area contributed by atoms with Crippen LogP contribution in [-0.4, -0.2) is 47.1 Å². The standard InChI is InChI=1S/C23H25N5O/c29-23(28-16-14-27(15-17-28)22-24-12-7-13-25-22)26-21(20-10-5-2-6-11-20)18-19-8-3-1-4-9-19/h1-13,21H,14-18H2,(H,26,29). The minimum absolute atomic E-state index is 0.0246. The molecule has 1 atom stereocenters. The lowest BCUT2D eigenvalue weighted by Gasteiger charge is -2.35. The molecule has 1 unspecified atom stereocenters. The van der Waals surface area contributed by atoms with Crippen LogP contribution in [0.1, 0.15) is 17.2 Å². The van der Waals surface area contributed by atoms with E-state index >= 15 is 0 Å². The summed E-state index contributed by atoms with van der Waals surface area (Å²) in [6.07, 6.45) is 4.25. The van der Waals surface area contributed by atoms with Crippen LogP contribution in [-0.2, 0) is 6.42 Å². The monoisotopic (exact) mass is 387 g/mol. The number of hydrogen-bond acceptors (Lipinski definition) is 4. The van der Waals surface area contributed by atoms with Crippen LogP contribution in [0.25, 0.3) is 0 Å². The molecule has 6 nitrogen and oxygen atoms in total. The zero-order chi connectivity index (χ0) is 19.9. The van der Waals surface area contributed by atoms with Crippen LogP contribution in [0, 0.1) is 0 Å². The van der Waals surface area contributed by atoms with E-state index in [-0.39, 0.29) is 12.1 Å². The van der Waals surface area contributed by atoms with Gasteiger partial charge >= 0.3 is 6.03 Å². The van der Waals surface area contributed by atoms with Crippen LogP contribution in [0.3, 0.4) is 0 Å². The molecule has 1 aliphatic rings. The average Bonchev–Trinajstić information content (AvgIpc) is 2.80. The molecule has 4 rings (SSSR count). The first-order valence-electron chi connectivity index (χ1n) is 9.96. The van der Waals surface area contributed by atoms with Crippen molar-refractivity contribution in [3.63, 3.8) is 0 Å². The van der Waals surface area contributed by atoms with Gasteiger partial charge < -0.3 is 15.1 Å². The number of carbonyl (C=O) groups is 1. The van der Waals surface area contributed by atoms with Crippen molar-refractivity contribution in [2.45, 2.75) is 12.5 Å². The number of urea groups is 1. The molecule has 1 aromatic heterocycles. The summed E-state index contributed by atoms with van der Waals surface area (Å²) in [5.74, 6) is 0.721. The zero-order valence-electron chi connectivity index (χ0n) is 16.3. The minimum Gasteiger partial charge on any atom is -0.337 e. The normalized spacial score (nSPS) is 15.0. The molecule has 0 saturated carbocycles. The van der Waals surface area contributed by atoms with E-state index in [4.69, 9.17) is 0 Å². The van der Waals surface area contributed by atoms with Gasteiger partial charge in [0, 0.05) is 38.6 Å². The maximum atomic E-state index is 13.0. The van der Waals surface area contributed by atoms with Gasteiger partial charge in [0.1, 0.15) is 0 Å². The van der Waals surface area contributed by atoms with E-state index in [2.05, 4.69) is 44.5 Å². The molecule has 0 spiro atoms. The summed E-state index contributed by atoms with van der Waals surface area (Å²) in [6, 6.07) is 22.1. The molecule has 2 amide bonds. The third kappa shape index (κ3) is 4.90. The van der Waals surface area contributed by atoms with E-state index < -0.39 is 0 Å². The van der Waals surface area contributed by atoms with Crippen molar-refractivity contribution >= 4 is 12.0 Å². The Morgan fingerprint density at radius 2 is 1.48 bits per heavy atom. The Morgan fingerprint density at radius 3 is 2.14 bits per heavy atom. The average molecular weight is 387 g/mol. The van der Waals surface area contributed by atoms with Gasteiger partial charge in [-0.2, -0.15) is 0 Å². The summed E-state index contributed by atoms with van der Waals surface area (Å²) in [5, 5.41) is 3.24. The Morgan fingerprint density at radius 1 is 0.862 bits per heavy atom. The number of aromatic nitrogens is 2. The molecule has 148 valence electrons. The molecule has 29 heavy (non-hydrogen) atoms. The number of carbonyl (C=O) groups excluding carboxylic acids is 1. The Balaban J connectivity index is 1.40. The van der Waals surface area contributed by atoms with Gasteiger partial charge in [0.2, 0.25) is 5.95 Å². The van der Waals surface area contributed by atoms with Gasteiger partial charge in [0.15, 0.2) is 0 Å². The fourth-order valence-corrected chi connectivity index (χ4v) is 3.59. The third-order valence-electron chi connectivity index (χ3n) is 5.18. The van der Waals surface area contributed by atoms with Crippen molar-refractivity contribution in [3.05, 3.63) is 90.3 Å². The molecule has 1 N–H and O–H groups in total. The Hall–Kier alpha value is -3.41. The van der Waals surface area contributed by atoms with Crippen LogP contribution in [0.15, 0.2) is 79.1 Å². The maximum absolute atomic E-state index is 13.0. The van der Waals surface area contributed by atoms with Crippen molar-refractivity contribution in [1.29, 1.82) is 0 Å². The molecule has 0 bridgehead atoms. The lowest BCUT2D eigenvalue weighted by Crippen LogP contribution is -2.52. The number of anilines is 1. The van der Waals surface area contributed by atoms with E-state index in [1.54, 1.807) is 12.4 Å². The van der Waals surface area contributed by atoms with E-state index in [1.807, 2.05) is 47.4 Å². The quantitative estimate of drug-likeness (QED) is 0.730. The van der Waals surface area contributed by atoms with Gasteiger partial charge in [-0.15, -0.1) is 0 Å². The van der Waals surface area contributed by atoms with Crippen LogP contribution >= 0.6 is 0 Å². The largest absolute Gasteiger partial charge is 0.337 e. The molecule has 1 fully saturated rings. The Kier molecular flexibility index (Phi) is 6.00. The predicted molar refractivity (Wildman–Crippen MR) is 114 cm³/mol. The van der Waals surface area contributed by atoms with Gasteiger partial charge in [-0.05, 0) is 23.6 Å². The number of nitrogens with zero attached hydrogens (tertiary/aromatic N) is 4. The van der Waals surface area contributed by atoms with Crippen LogP contribution < -0.4 is 10.2 Å². The molecule has 1 saturated heterocycles. The first-order valence-corrected chi connectivity index (χ1v) is 9.96. The summed E-state index contributed by atoms with van der Waals surface area (Å²) in [5.41, 5.74) is 2.31. The van der Waals surface area contributed by atoms with Gasteiger partial charge in [-0.3, -0.25) is 0 Å². The smallest absolute Gasteiger partial charge is 0.318 e. The highest BCUT2D eigenvalue weighted by atomic mass is 16.2. The number of nitrogens with one attached hydrogen (secondary N) is 1. The highest BCUT2D eigenvalue weighted by Gasteiger charge is 2.24. The number of rotatable bonds is 5. The van der Waals surface area contributed by atoms with Gasteiger partial charge in [0.05, 0.1) is 6.04 Å². The van der Waals surface area contributed by atoms with Crippen molar-refractivity contribution in [2.75, 3.05) is 31.1 Å². The number of piperazine rings is 1. The summed E-state index contributed by atoms with van der Waals surface area (Å²) in [7, 11) is 0. The number of amides is 2. The summed E-state index contributed by atoms with van der Waals surface area (Å²) < 4.78 is 0. The van der Waals surface area contributed by atoms with Crippen LogP contribution in [0.2, 0.25) is 0 Å². The molecule has 2 heterocycles. The summed E-state index contributed by atoms with van der Waals surface area (Å²) in [6.45, 7) is 2.76. The lowest BCUT2D eigenvalue weighted by atomic mass is 9.99. The van der Waals surface area contributed by atoms with E-state index in [1.165, 1.54) is 5.56 Å². The zero-order valence-corrected chi connectivity index (χ0v) is 16.3. The van der Waals surface area contributed by atoms with Gasteiger partial charge in [-0.1, -0.05) is 60.7 Å². The molecular weight excluding hydrogens is 362 g/mol. The van der Waals surface area contributed by atoms with Crippen molar-refractivity contribution in [3.8, 4) is 0 Å². The Labute approximate surface area is 171 Å². The van der Waals surface area contributed by atoms with Crippen LogP contribution in [0.4, 0.5) is 10.7 Å². The second kappa shape index (κ2) is 9.19. The molecule has 0 aliphatic carbocycles. The molecule has 0 radical (unpaired) electrons. The Bertz CT molecular complexity index is 896. The molecule has 1 aliphatic heterocycles. The second-order valence-corrected chi connectivity index (χ2v) is 7.13. The summed E-state index contributed by atoms with van der Waals surface area (Å²) in [4.78, 5) is 25.6. The first kappa shape index (κ1) is 18.9. The van der Waals surface area contributed by atoms with Crippen molar-refractivity contribution < 1.29 is 4.79 Å². The fraction of sp³-hybridized carbons (Fsp3) is 0.261. The van der Waals surface area contributed by atoms with Crippen molar-refractivity contribution in [1.82, 2.24) is 20.2 Å².